The molecule has 6 heteroatoms. The second-order valence-corrected chi connectivity index (χ2v) is 10.9. The van der Waals surface area contributed by atoms with E-state index in [0.29, 0.717) is 18.2 Å². The zero-order valence-corrected chi connectivity index (χ0v) is 24.5. The number of carbonyl (C=O) groups is 2. The van der Waals surface area contributed by atoms with Crippen LogP contribution in [-0.4, -0.2) is 49.4 Å². The number of amides is 2. The van der Waals surface area contributed by atoms with Crippen molar-refractivity contribution < 1.29 is 9.59 Å². The van der Waals surface area contributed by atoms with Gasteiger partial charge in [0, 0.05) is 42.6 Å². The lowest BCUT2D eigenvalue weighted by Crippen LogP contribution is -2.48. The fourth-order valence-corrected chi connectivity index (χ4v) is 5.80. The Morgan fingerprint density at radius 2 is 1.45 bits per heavy atom. The Balaban J connectivity index is 1.20. The molecule has 1 aliphatic rings. The average Bonchev–Trinajstić information content (AvgIpc) is 3.05. The van der Waals surface area contributed by atoms with E-state index in [1.54, 1.807) is 0 Å². The Morgan fingerprint density at radius 1 is 0.833 bits per heavy atom. The van der Waals surface area contributed by atoms with Gasteiger partial charge in [-0.25, -0.2) is 0 Å². The summed E-state index contributed by atoms with van der Waals surface area (Å²) in [5, 5.41) is 6.18. The second-order valence-electron chi connectivity index (χ2n) is 10.9. The minimum absolute atomic E-state index is 0.0667. The van der Waals surface area contributed by atoms with Crippen LogP contribution in [0.3, 0.4) is 0 Å². The Kier molecular flexibility index (Phi) is 9.67. The zero-order chi connectivity index (χ0) is 29.3. The predicted molar refractivity (Wildman–Crippen MR) is 172 cm³/mol. The lowest BCUT2D eigenvalue weighted by atomic mass is 9.97. The van der Waals surface area contributed by atoms with E-state index < -0.39 is 0 Å². The number of benzene rings is 4. The van der Waals surface area contributed by atoms with E-state index in [0.717, 1.165) is 60.4 Å². The molecule has 5 rings (SSSR count). The van der Waals surface area contributed by atoms with Crippen molar-refractivity contribution in [3.05, 3.63) is 120 Å². The summed E-state index contributed by atoms with van der Waals surface area (Å²) in [5.74, 6) is -0.0565. The van der Waals surface area contributed by atoms with Crippen LogP contribution in [-0.2, 0) is 4.79 Å². The molecule has 0 aromatic heterocycles. The number of rotatable bonds is 10. The summed E-state index contributed by atoms with van der Waals surface area (Å²) in [6, 6.07) is 35.9. The Bertz CT molecular complexity index is 1450. The van der Waals surface area contributed by atoms with Crippen LogP contribution in [0.25, 0.3) is 11.1 Å². The van der Waals surface area contributed by atoms with E-state index in [1.165, 1.54) is 0 Å². The normalized spacial score (nSPS) is 14.4. The van der Waals surface area contributed by atoms with Crippen LogP contribution in [0.15, 0.2) is 109 Å². The van der Waals surface area contributed by atoms with E-state index >= 15 is 0 Å². The van der Waals surface area contributed by atoms with Crippen molar-refractivity contribution in [2.75, 3.05) is 36.9 Å². The molecule has 0 radical (unpaired) electrons. The van der Waals surface area contributed by atoms with Crippen LogP contribution in [0.5, 0.6) is 0 Å². The van der Waals surface area contributed by atoms with Gasteiger partial charge in [-0.05, 0) is 73.3 Å². The summed E-state index contributed by atoms with van der Waals surface area (Å²) in [4.78, 5) is 31.0. The summed E-state index contributed by atoms with van der Waals surface area (Å²) in [6.45, 7) is 4.57. The third kappa shape index (κ3) is 6.89. The third-order valence-corrected chi connectivity index (χ3v) is 8.11. The summed E-state index contributed by atoms with van der Waals surface area (Å²) in [7, 11) is 2.08. The molecule has 0 saturated carbocycles. The van der Waals surface area contributed by atoms with Crippen molar-refractivity contribution >= 4 is 23.2 Å². The minimum atomic E-state index is -0.302. The summed E-state index contributed by atoms with van der Waals surface area (Å²) >= 11 is 0. The van der Waals surface area contributed by atoms with Crippen LogP contribution in [0.4, 0.5) is 11.4 Å². The quantitative estimate of drug-likeness (QED) is 0.225. The van der Waals surface area contributed by atoms with E-state index in [9.17, 15) is 9.59 Å². The highest BCUT2D eigenvalue weighted by atomic mass is 16.2. The smallest absolute Gasteiger partial charge is 0.256 e. The number of nitrogens with zero attached hydrogens (tertiary/aromatic N) is 2. The lowest BCUT2D eigenvalue weighted by Gasteiger charge is -2.40. The highest BCUT2D eigenvalue weighted by Gasteiger charge is 2.32. The SMILES string of the molecule is CCCNC(=O)C(c1ccccc1)N(C)C1CCN(c2ccc(NC(=O)c3ccccc3-c3ccccc3)cc2)CC1. The van der Waals surface area contributed by atoms with Gasteiger partial charge in [-0.15, -0.1) is 0 Å². The molecular formula is C36H40N4O2. The topological polar surface area (TPSA) is 64.7 Å². The highest BCUT2D eigenvalue weighted by Crippen LogP contribution is 2.29. The second kappa shape index (κ2) is 14.0. The van der Waals surface area contributed by atoms with Gasteiger partial charge in [0.15, 0.2) is 0 Å². The minimum Gasteiger partial charge on any atom is -0.371 e. The predicted octanol–water partition coefficient (Wildman–Crippen LogP) is 6.77. The Labute approximate surface area is 249 Å². The maximum Gasteiger partial charge on any atom is 0.256 e. The maximum absolute atomic E-state index is 13.2. The molecule has 2 amide bonds. The fraction of sp³-hybridized carbons (Fsp3) is 0.278. The van der Waals surface area contributed by atoms with Crippen molar-refractivity contribution in [1.29, 1.82) is 0 Å². The van der Waals surface area contributed by atoms with Gasteiger partial charge in [0.25, 0.3) is 5.91 Å². The van der Waals surface area contributed by atoms with Crippen molar-refractivity contribution in [3.8, 4) is 11.1 Å². The van der Waals surface area contributed by atoms with Gasteiger partial charge in [0.1, 0.15) is 6.04 Å². The molecule has 2 N–H and O–H groups in total. The monoisotopic (exact) mass is 560 g/mol. The first kappa shape index (κ1) is 29.1. The molecular weight excluding hydrogens is 520 g/mol. The summed E-state index contributed by atoms with van der Waals surface area (Å²) in [6.07, 6.45) is 2.85. The molecule has 1 heterocycles. The first-order valence-corrected chi connectivity index (χ1v) is 14.9. The standard InChI is InChI=1S/C36H40N4O2/c1-3-24-37-36(42)34(28-14-8-5-9-15-28)39(2)30-22-25-40(26-23-30)31-20-18-29(19-21-31)38-35(41)33-17-11-10-16-32(33)27-12-6-4-7-13-27/h4-21,30,34H,3,22-26H2,1-2H3,(H,37,42)(H,38,41). The van der Waals surface area contributed by atoms with Gasteiger partial charge < -0.3 is 15.5 Å². The van der Waals surface area contributed by atoms with E-state index in [-0.39, 0.29) is 17.9 Å². The van der Waals surface area contributed by atoms with Gasteiger partial charge in [-0.2, -0.15) is 0 Å². The molecule has 6 nitrogen and oxygen atoms in total. The molecule has 1 atom stereocenters. The van der Waals surface area contributed by atoms with Gasteiger partial charge in [-0.3, -0.25) is 14.5 Å². The van der Waals surface area contributed by atoms with Crippen molar-refractivity contribution in [1.82, 2.24) is 10.2 Å². The molecule has 1 unspecified atom stereocenters. The molecule has 1 fully saturated rings. The Hall–Kier alpha value is -4.42. The van der Waals surface area contributed by atoms with E-state index in [4.69, 9.17) is 0 Å². The van der Waals surface area contributed by atoms with E-state index in [2.05, 4.69) is 46.5 Å². The van der Waals surface area contributed by atoms with Crippen LogP contribution < -0.4 is 15.5 Å². The van der Waals surface area contributed by atoms with Crippen LogP contribution in [0.1, 0.15) is 48.1 Å². The van der Waals surface area contributed by atoms with Crippen molar-refractivity contribution in [3.63, 3.8) is 0 Å². The zero-order valence-electron chi connectivity index (χ0n) is 24.5. The van der Waals surface area contributed by atoms with Gasteiger partial charge in [0.2, 0.25) is 5.91 Å². The molecule has 1 aliphatic heterocycles. The van der Waals surface area contributed by atoms with Crippen LogP contribution >= 0.6 is 0 Å². The van der Waals surface area contributed by atoms with Crippen molar-refractivity contribution in [2.45, 2.75) is 38.3 Å². The summed E-state index contributed by atoms with van der Waals surface area (Å²) in [5.41, 5.74) is 5.52. The molecule has 4 aromatic carbocycles. The Morgan fingerprint density at radius 3 is 2.12 bits per heavy atom. The first-order chi connectivity index (χ1) is 20.5. The number of likely N-dealkylation sites (N-methyl/N-ethyl adjacent to an activating group) is 1. The fourth-order valence-electron chi connectivity index (χ4n) is 5.80. The number of carbonyl (C=O) groups excluding carboxylic acids is 2. The molecule has 0 bridgehead atoms. The van der Waals surface area contributed by atoms with E-state index in [1.807, 2.05) is 97.1 Å². The molecule has 0 spiro atoms. The number of anilines is 2. The summed E-state index contributed by atoms with van der Waals surface area (Å²) < 4.78 is 0. The third-order valence-electron chi connectivity index (χ3n) is 8.11. The number of hydrogen-bond acceptors (Lipinski definition) is 4. The van der Waals surface area contributed by atoms with Gasteiger partial charge >= 0.3 is 0 Å². The van der Waals surface area contributed by atoms with Crippen LogP contribution in [0, 0.1) is 0 Å². The number of hydrogen-bond donors (Lipinski definition) is 2. The van der Waals surface area contributed by atoms with Crippen LogP contribution in [0.2, 0.25) is 0 Å². The molecule has 1 saturated heterocycles. The largest absolute Gasteiger partial charge is 0.371 e. The lowest BCUT2D eigenvalue weighted by molar-refractivity contribution is -0.127. The average molecular weight is 561 g/mol. The molecule has 0 aliphatic carbocycles. The highest BCUT2D eigenvalue weighted by molar-refractivity contribution is 6.08. The van der Waals surface area contributed by atoms with Gasteiger partial charge in [-0.1, -0.05) is 85.8 Å². The molecule has 4 aromatic rings. The number of piperidine rings is 1. The first-order valence-electron chi connectivity index (χ1n) is 14.9. The number of nitrogens with one attached hydrogen (secondary N) is 2. The van der Waals surface area contributed by atoms with Crippen molar-refractivity contribution in [2.24, 2.45) is 0 Å². The molecule has 216 valence electrons. The maximum atomic E-state index is 13.2. The molecule has 42 heavy (non-hydrogen) atoms. The van der Waals surface area contributed by atoms with Gasteiger partial charge in [0.05, 0.1) is 0 Å².